The maximum Gasteiger partial charge on any atom is 0.0132 e. The van der Waals surface area contributed by atoms with E-state index < -0.39 is 0 Å². The fourth-order valence-corrected chi connectivity index (χ4v) is 1.24. The third-order valence-electron chi connectivity index (χ3n) is 2.07. The van der Waals surface area contributed by atoms with E-state index in [1.165, 1.54) is 32.5 Å². The van der Waals surface area contributed by atoms with Crippen molar-refractivity contribution in [2.24, 2.45) is 0 Å². The Labute approximate surface area is 69.3 Å². The van der Waals surface area contributed by atoms with E-state index in [-0.39, 0.29) is 0 Å². The molecule has 0 aromatic carbocycles. The topological polar surface area (TPSA) is 15.3 Å². The largest absolute Gasteiger partial charge is 0.313 e. The molecule has 0 radical (unpaired) electrons. The summed E-state index contributed by atoms with van der Waals surface area (Å²) in [4.78, 5) is 2.50. The van der Waals surface area contributed by atoms with Crippen molar-refractivity contribution in [2.45, 2.75) is 12.8 Å². The van der Waals surface area contributed by atoms with Crippen LogP contribution in [0.25, 0.3) is 0 Å². The summed E-state index contributed by atoms with van der Waals surface area (Å²) in [6.07, 6.45) is 4.58. The molecule has 0 atom stereocenters. The summed E-state index contributed by atoms with van der Waals surface area (Å²) >= 11 is 0. The van der Waals surface area contributed by atoms with Gasteiger partial charge in [-0.1, -0.05) is 6.08 Å². The van der Waals surface area contributed by atoms with Crippen LogP contribution in [0.3, 0.4) is 0 Å². The van der Waals surface area contributed by atoms with E-state index in [4.69, 9.17) is 0 Å². The first kappa shape index (κ1) is 8.75. The molecule has 64 valence electrons. The zero-order valence-electron chi connectivity index (χ0n) is 7.18. The molecule has 0 saturated carbocycles. The standard InChI is InChI=1S/C9H18N2/c1-2-5-10-6-3-7-11-8-4-9-11/h2,10H,1,3-9H2. The van der Waals surface area contributed by atoms with Gasteiger partial charge >= 0.3 is 0 Å². The Morgan fingerprint density at radius 3 is 2.82 bits per heavy atom. The van der Waals surface area contributed by atoms with Gasteiger partial charge in [0.05, 0.1) is 0 Å². The lowest BCUT2D eigenvalue weighted by atomic mass is 10.2. The predicted octanol–water partition coefficient (Wildman–Crippen LogP) is 0.858. The Bertz CT molecular complexity index is 108. The van der Waals surface area contributed by atoms with Crippen molar-refractivity contribution in [1.29, 1.82) is 0 Å². The highest BCUT2D eigenvalue weighted by Crippen LogP contribution is 2.04. The molecule has 11 heavy (non-hydrogen) atoms. The summed E-state index contributed by atoms with van der Waals surface area (Å²) in [5.74, 6) is 0. The zero-order chi connectivity index (χ0) is 7.94. The lowest BCUT2D eigenvalue weighted by Gasteiger charge is -2.30. The van der Waals surface area contributed by atoms with Gasteiger partial charge in [0, 0.05) is 6.54 Å². The number of hydrogen-bond acceptors (Lipinski definition) is 2. The monoisotopic (exact) mass is 154 g/mol. The minimum absolute atomic E-state index is 0.944. The zero-order valence-corrected chi connectivity index (χ0v) is 7.18. The first-order valence-corrected chi connectivity index (χ1v) is 4.47. The van der Waals surface area contributed by atoms with Crippen LogP contribution in [0.4, 0.5) is 0 Å². The van der Waals surface area contributed by atoms with Crippen molar-refractivity contribution in [3.05, 3.63) is 12.7 Å². The van der Waals surface area contributed by atoms with Crippen LogP contribution in [0.1, 0.15) is 12.8 Å². The first-order valence-electron chi connectivity index (χ1n) is 4.47. The minimum atomic E-state index is 0.944. The normalized spacial score (nSPS) is 17.8. The SMILES string of the molecule is C=CCNCCCN1CCC1. The average molecular weight is 154 g/mol. The second-order valence-corrected chi connectivity index (χ2v) is 3.04. The van der Waals surface area contributed by atoms with Crippen LogP contribution in [0.15, 0.2) is 12.7 Å². The fourth-order valence-electron chi connectivity index (χ4n) is 1.24. The Morgan fingerprint density at radius 1 is 1.45 bits per heavy atom. The molecule has 1 N–H and O–H groups in total. The van der Waals surface area contributed by atoms with Crippen molar-refractivity contribution in [3.63, 3.8) is 0 Å². The van der Waals surface area contributed by atoms with Gasteiger partial charge in [0.2, 0.25) is 0 Å². The number of nitrogens with one attached hydrogen (secondary N) is 1. The van der Waals surface area contributed by atoms with Crippen LogP contribution in [0.2, 0.25) is 0 Å². The van der Waals surface area contributed by atoms with Crippen LogP contribution in [-0.2, 0) is 0 Å². The molecule has 2 nitrogen and oxygen atoms in total. The minimum Gasteiger partial charge on any atom is -0.313 e. The van der Waals surface area contributed by atoms with E-state index >= 15 is 0 Å². The summed E-state index contributed by atoms with van der Waals surface area (Å²) in [6, 6.07) is 0. The number of hydrogen-bond donors (Lipinski definition) is 1. The van der Waals surface area contributed by atoms with E-state index in [2.05, 4.69) is 16.8 Å². The Balaban J connectivity index is 1.76. The van der Waals surface area contributed by atoms with Crippen molar-refractivity contribution in [3.8, 4) is 0 Å². The third kappa shape index (κ3) is 3.54. The van der Waals surface area contributed by atoms with Crippen molar-refractivity contribution in [1.82, 2.24) is 10.2 Å². The first-order chi connectivity index (χ1) is 5.43. The molecule has 1 rings (SSSR count). The lowest BCUT2D eigenvalue weighted by Crippen LogP contribution is -2.38. The van der Waals surface area contributed by atoms with Crippen molar-refractivity contribution in [2.75, 3.05) is 32.7 Å². The Morgan fingerprint density at radius 2 is 2.27 bits per heavy atom. The van der Waals surface area contributed by atoms with Gasteiger partial charge in [-0.25, -0.2) is 0 Å². The van der Waals surface area contributed by atoms with Crippen LogP contribution in [0, 0.1) is 0 Å². The highest BCUT2D eigenvalue weighted by Gasteiger charge is 2.11. The molecule has 0 aromatic rings. The van der Waals surface area contributed by atoms with E-state index in [1.807, 2.05) is 6.08 Å². The molecule has 1 aliphatic heterocycles. The van der Waals surface area contributed by atoms with Crippen LogP contribution in [-0.4, -0.2) is 37.6 Å². The lowest BCUT2D eigenvalue weighted by molar-refractivity contribution is 0.179. The van der Waals surface area contributed by atoms with Gasteiger partial charge in [-0.05, 0) is 39.0 Å². The van der Waals surface area contributed by atoms with Gasteiger partial charge in [0.1, 0.15) is 0 Å². The molecule has 0 spiro atoms. The van der Waals surface area contributed by atoms with E-state index in [0.29, 0.717) is 0 Å². The Hall–Kier alpha value is -0.340. The molecule has 1 aliphatic rings. The molecular weight excluding hydrogens is 136 g/mol. The summed E-state index contributed by atoms with van der Waals surface area (Å²) < 4.78 is 0. The quantitative estimate of drug-likeness (QED) is 0.451. The highest BCUT2D eigenvalue weighted by molar-refractivity contribution is 4.71. The molecule has 1 saturated heterocycles. The molecule has 0 bridgehead atoms. The molecular formula is C9H18N2. The molecule has 0 aromatic heterocycles. The summed E-state index contributed by atoms with van der Waals surface area (Å²) in [5, 5.41) is 3.29. The molecule has 0 unspecified atom stereocenters. The number of likely N-dealkylation sites (tertiary alicyclic amines) is 1. The maximum atomic E-state index is 3.65. The molecule has 1 heterocycles. The van der Waals surface area contributed by atoms with E-state index in [1.54, 1.807) is 0 Å². The molecule has 0 aliphatic carbocycles. The summed E-state index contributed by atoms with van der Waals surface area (Å²) in [6.45, 7) is 9.63. The van der Waals surface area contributed by atoms with Crippen molar-refractivity contribution < 1.29 is 0 Å². The van der Waals surface area contributed by atoms with Gasteiger partial charge < -0.3 is 10.2 Å². The van der Waals surface area contributed by atoms with Gasteiger partial charge in [0.15, 0.2) is 0 Å². The van der Waals surface area contributed by atoms with E-state index in [0.717, 1.165) is 13.1 Å². The Kier molecular flexibility index (Phi) is 4.24. The van der Waals surface area contributed by atoms with Crippen molar-refractivity contribution >= 4 is 0 Å². The van der Waals surface area contributed by atoms with Crippen LogP contribution in [0.5, 0.6) is 0 Å². The number of nitrogens with zero attached hydrogens (tertiary/aromatic N) is 1. The molecule has 1 fully saturated rings. The van der Waals surface area contributed by atoms with Gasteiger partial charge in [0.25, 0.3) is 0 Å². The van der Waals surface area contributed by atoms with Gasteiger partial charge in [-0.3, -0.25) is 0 Å². The van der Waals surface area contributed by atoms with Gasteiger partial charge in [-0.15, -0.1) is 6.58 Å². The van der Waals surface area contributed by atoms with Gasteiger partial charge in [-0.2, -0.15) is 0 Å². The molecule has 0 amide bonds. The molecule has 2 heteroatoms. The maximum absolute atomic E-state index is 3.65. The van der Waals surface area contributed by atoms with Crippen LogP contribution >= 0.6 is 0 Å². The third-order valence-corrected chi connectivity index (χ3v) is 2.07. The van der Waals surface area contributed by atoms with E-state index in [9.17, 15) is 0 Å². The predicted molar refractivity (Wildman–Crippen MR) is 48.7 cm³/mol. The number of rotatable bonds is 6. The van der Waals surface area contributed by atoms with Crippen LogP contribution < -0.4 is 5.32 Å². The fraction of sp³-hybridized carbons (Fsp3) is 0.778. The summed E-state index contributed by atoms with van der Waals surface area (Å²) in [5.41, 5.74) is 0. The summed E-state index contributed by atoms with van der Waals surface area (Å²) in [7, 11) is 0. The smallest absolute Gasteiger partial charge is 0.0132 e. The second kappa shape index (κ2) is 5.33. The highest BCUT2D eigenvalue weighted by atomic mass is 15.2. The second-order valence-electron chi connectivity index (χ2n) is 3.04. The average Bonchev–Trinajstić information content (AvgIpc) is 1.93.